The maximum Gasteiger partial charge on any atom is 0.215 e. The molecule has 0 bridgehead atoms. The third kappa shape index (κ3) is 3.69. The highest BCUT2D eigenvalue weighted by molar-refractivity contribution is 6.31. The van der Waals surface area contributed by atoms with Crippen molar-refractivity contribution in [3.63, 3.8) is 0 Å². The van der Waals surface area contributed by atoms with E-state index in [1.54, 1.807) is 24.4 Å². The molecule has 1 aliphatic rings. The van der Waals surface area contributed by atoms with E-state index in [0.29, 0.717) is 17.8 Å². The van der Waals surface area contributed by atoms with Crippen LogP contribution in [0.25, 0.3) is 0 Å². The number of piperazine rings is 1. The zero-order valence-corrected chi connectivity index (χ0v) is 15.9. The number of nitrogens with one attached hydrogen (secondary N) is 1. The Morgan fingerprint density at radius 2 is 2.00 bits per heavy atom. The van der Waals surface area contributed by atoms with Gasteiger partial charge in [-0.05, 0) is 35.9 Å². The Labute approximate surface area is 168 Å². The van der Waals surface area contributed by atoms with Gasteiger partial charge in [0.2, 0.25) is 5.78 Å². The monoisotopic (exact) mass is 393 g/mol. The second kappa shape index (κ2) is 7.96. The predicted molar refractivity (Wildman–Crippen MR) is 111 cm³/mol. The quantitative estimate of drug-likeness (QED) is 0.662. The number of benzene rings is 1. The molecule has 1 aromatic carbocycles. The number of nitrogen functional groups attached to an aromatic ring is 1. The zero-order chi connectivity index (χ0) is 19.5. The van der Waals surface area contributed by atoms with Crippen molar-refractivity contribution in [2.45, 2.75) is 6.04 Å². The first-order valence-electron chi connectivity index (χ1n) is 9.08. The fourth-order valence-corrected chi connectivity index (χ4v) is 3.66. The molecule has 0 saturated carbocycles. The topological polar surface area (TPSA) is 84.1 Å². The molecule has 2 aromatic heterocycles. The van der Waals surface area contributed by atoms with Gasteiger partial charge in [-0.15, -0.1) is 0 Å². The second-order valence-corrected chi connectivity index (χ2v) is 7.03. The van der Waals surface area contributed by atoms with E-state index in [2.05, 4.69) is 20.2 Å². The Morgan fingerprint density at radius 1 is 1.14 bits per heavy atom. The minimum Gasteiger partial charge on any atom is -0.383 e. The summed E-state index contributed by atoms with van der Waals surface area (Å²) in [5.74, 6) is 0.734. The average molecular weight is 394 g/mol. The molecule has 1 saturated heterocycles. The number of hydrogen-bond acceptors (Lipinski definition) is 6. The molecule has 0 radical (unpaired) electrons. The first-order chi connectivity index (χ1) is 13.6. The van der Waals surface area contributed by atoms with E-state index in [4.69, 9.17) is 17.3 Å². The number of hydrogen-bond donors (Lipinski definition) is 2. The number of nitrogens with two attached hydrogens (primary N) is 1. The molecule has 1 aliphatic heterocycles. The molecule has 6 nitrogen and oxygen atoms in total. The van der Waals surface area contributed by atoms with Crippen LogP contribution in [0.3, 0.4) is 0 Å². The summed E-state index contributed by atoms with van der Waals surface area (Å²) in [4.78, 5) is 23.5. The maximum absolute atomic E-state index is 12.8. The number of halogens is 1. The van der Waals surface area contributed by atoms with Crippen LogP contribution < -0.4 is 16.0 Å². The van der Waals surface area contributed by atoms with Crippen LogP contribution in [0.5, 0.6) is 0 Å². The van der Waals surface area contributed by atoms with Gasteiger partial charge in [0.15, 0.2) is 0 Å². The van der Waals surface area contributed by atoms with Gasteiger partial charge in [0.05, 0.1) is 11.6 Å². The van der Waals surface area contributed by atoms with Gasteiger partial charge in [-0.25, -0.2) is 9.97 Å². The van der Waals surface area contributed by atoms with E-state index in [1.165, 1.54) is 0 Å². The van der Waals surface area contributed by atoms with E-state index < -0.39 is 0 Å². The number of carbonyl (C=O) groups is 1. The fraction of sp³-hybridized carbons (Fsp3) is 0.190. The summed E-state index contributed by atoms with van der Waals surface area (Å²) >= 11 is 6.36. The molecule has 0 amide bonds. The van der Waals surface area contributed by atoms with Gasteiger partial charge in [-0.2, -0.15) is 0 Å². The number of anilines is 2. The van der Waals surface area contributed by atoms with E-state index in [9.17, 15) is 4.79 Å². The van der Waals surface area contributed by atoms with Crippen molar-refractivity contribution in [2.75, 3.05) is 30.3 Å². The lowest BCUT2D eigenvalue weighted by molar-refractivity contribution is 0.103. The second-order valence-electron chi connectivity index (χ2n) is 6.62. The van der Waals surface area contributed by atoms with Gasteiger partial charge >= 0.3 is 0 Å². The molecule has 28 heavy (non-hydrogen) atoms. The number of carbonyl (C=O) groups excluding carboxylic acids is 1. The minimum atomic E-state index is -0.231. The highest BCUT2D eigenvalue weighted by Gasteiger charge is 2.24. The van der Waals surface area contributed by atoms with Gasteiger partial charge in [0.25, 0.3) is 0 Å². The predicted octanol–water partition coefficient (Wildman–Crippen LogP) is 3.09. The normalized spacial score (nSPS) is 16.8. The van der Waals surface area contributed by atoms with Gasteiger partial charge in [0.1, 0.15) is 17.3 Å². The Bertz CT molecular complexity index is 1010. The highest BCUT2D eigenvalue weighted by Crippen LogP contribution is 2.27. The average Bonchev–Trinajstić information content (AvgIpc) is 2.74. The van der Waals surface area contributed by atoms with Crippen LogP contribution in [0.15, 0.2) is 60.8 Å². The Kier molecular flexibility index (Phi) is 5.23. The van der Waals surface area contributed by atoms with Crippen LogP contribution >= 0.6 is 11.6 Å². The first kappa shape index (κ1) is 18.4. The van der Waals surface area contributed by atoms with Crippen molar-refractivity contribution >= 4 is 29.0 Å². The molecule has 1 fully saturated rings. The van der Waals surface area contributed by atoms with E-state index in [0.717, 1.165) is 29.5 Å². The first-order valence-corrected chi connectivity index (χ1v) is 9.46. The molecule has 3 heterocycles. The number of nitrogens with zero attached hydrogens (tertiary/aromatic N) is 3. The minimum absolute atomic E-state index is 0.0950. The summed E-state index contributed by atoms with van der Waals surface area (Å²) < 4.78 is 0. The number of ketones is 1. The molecular formula is C21H20ClN5O. The van der Waals surface area contributed by atoms with Crippen LogP contribution in [-0.2, 0) is 0 Å². The summed E-state index contributed by atoms with van der Waals surface area (Å²) in [7, 11) is 0. The van der Waals surface area contributed by atoms with Crippen LogP contribution in [0, 0.1) is 0 Å². The fourth-order valence-electron chi connectivity index (χ4n) is 3.40. The standard InChI is InChI=1S/C21H20ClN5O/c22-16-7-2-1-5-14(16)18-13-27(12-11-24-18)19-9-3-8-17(26-19)20(28)15-6-4-10-25-21(15)23/h1-10,18,24H,11-13H2,(H2,23,25). The number of aromatic nitrogens is 2. The summed E-state index contributed by atoms with van der Waals surface area (Å²) in [5, 5.41) is 4.24. The molecule has 1 unspecified atom stereocenters. The van der Waals surface area contributed by atoms with Crippen LogP contribution in [0.2, 0.25) is 5.02 Å². The molecule has 3 N–H and O–H groups in total. The van der Waals surface area contributed by atoms with Crippen molar-refractivity contribution in [3.05, 3.63) is 82.6 Å². The summed E-state index contributed by atoms with van der Waals surface area (Å²) in [5.41, 5.74) is 7.62. The molecule has 142 valence electrons. The summed E-state index contributed by atoms with van der Waals surface area (Å²) in [6, 6.07) is 16.7. The molecule has 0 aliphatic carbocycles. The van der Waals surface area contributed by atoms with Crippen molar-refractivity contribution in [1.82, 2.24) is 15.3 Å². The van der Waals surface area contributed by atoms with Crippen LogP contribution in [0.1, 0.15) is 27.7 Å². The van der Waals surface area contributed by atoms with E-state index >= 15 is 0 Å². The number of rotatable bonds is 4. The van der Waals surface area contributed by atoms with E-state index in [-0.39, 0.29) is 17.6 Å². The Morgan fingerprint density at radius 3 is 2.82 bits per heavy atom. The third-order valence-corrected chi connectivity index (χ3v) is 5.17. The lowest BCUT2D eigenvalue weighted by Gasteiger charge is -2.35. The van der Waals surface area contributed by atoms with Crippen LogP contribution in [-0.4, -0.2) is 35.4 Å². The van der Waals surface area contributed by atoms with Crippen molar-refractivity contribution in [2.24, 2.45) is 0 Å². The molecular weight excluding hydrogens is 374 g/mol. The van der Waals surface area contributed by atoms with Crippen molar-refractivity contribution < 1.29 is 4.79 Å². The molecule has 1 atom stereocenters. The zero-order valence-electron chi connectivity index (χ0n) is 15.2. The van der Waals surface area contributed by atoms with Gasteiger partial charge in [-0.1, -0.05) is 35.9 Å². The van der Waals surface area contributed by atoms with Gasteiger partial charge in [-0.3, -0.25) is 4.79 Å². The largest absolute Gasteiger partial charge is 0.383 e. The lowest BCUT2D eigenvalue weighted by atomic mass is 10.0. The Balaban J connectivity index is 1.58. The highest BCUT2D eigenvalue weighted by atomic mass is 35.5. The lowest BCUT2D eigenvalue weighted by Crippen LogP contribution is -2.46. The third-order valence-electron chi connectivity index (χ3n) is 4.83. The molecule has 4 rings (SSSR count). The van der Waals surface area contributed by atoms with Gasteiger partial charge < -0.3 is 16.0 Å². The molecule has 7 heteroatoms. The molecule has 0 spiro atoms. The van der Waals surface area contributed by atoms with E-state index in [1.807, 2.05) is 36.4 Å². The van der Waals surface area contributed by atoms with Gasteiger partial charge in [0, 0.05) is 30.9 Å². The maximum atomic E-state index is 12.8. The van der Waals surface area contributed by atoms with Crippen molar-refractivity contribution in [3.8, 4) is 0 Å². The summed E-state index contributed by atoms with van der Waals surface area (Å²) in [6.45, 7) is 2.30. The summed E-state index contributed by atoms with van der Waals surface area (Å²) in [6.07, 6.45) is 1.56. The SMILES string of the molecule is Nc1ncccc1C(=O)c1cccc(N2CCNC(c3ccccc3Cl)C2)n1. The number of pyridine rings is 2. The Hall–Kier alpha value is -2.96. The van der Waals surface area contributed by atoms with Crippen molar-refractivity contribution in [1.29, 1.82) is 0 Å². The molecule has 3 aromatic rings. The smallest absolute Gasteiger partial charge is 0.215 e. The van der Waals surface area contributed by atoms with Crippen LogP contribution in [0.4, 0.5) is 11.6 Å².